The summed E-state index contributed by atoms with van der Waals surface area (Å²) >= 11 is 3.82. The van der Waals surface area contributed by atoms with Crippen molar-refractivity contribution in [1.82, 2.24) is 10.2 Å². The van der Waals surface area contributed by atoms with Gasteiger partial charge in [-0.25, -0.2) is 0 Å². The maximum Gasteiger partial charge on any atom is 0.270 e. The van der Waals surface area contributed by atoms with Crippen LogP contribution in [0, 0.1) is 13.7 Å². The molecule has 0 bridgehead atoms. The fraction of sp³-hybridized carbons (Fsp3) is 0.312. The van der Waals surface area contributed by atoms with Crippen molar-refractivity contribution in [2.24, 2.45) is 0 Å². The van der Waals surface area contributed by atoms with Gasteiger partial charge in [-0.1, -0.05) is 0 Å². The third-order valence-electron chi connectivity index (χ3n) is 4.01. The van der Waals surface area contributed by atoms with Crippen LogP contribution in [0.4, 0.5) is 5.69 Å². The highest BCUT2D eigenvalue weighted by Gasteiger charge is 2.18. The van der Waals surface area contributed by atoms with Gasteiger partial charge in [-0.05, 0) is 52.1 Å². The lowest BCUT2D eigenvalue weighted by Crippen LogP contribution is -2.37. The molecule has 24 heavy (non-hydrogen) atoms. The first-order chi connectivity index (χ1) is 11.5. The Kier molecular flexibility index (Phi) is 5.47. The molecule has 0 saturated carbocycles. The number of thiophene rings is 1. The largest absolute Gasteiger partial charge is 0.351 e. The van der Waals surface area contributed by atoms with E-state index in [2.05, 4.69) is 21.7 Å². The number of halogens is 1. The predicted octanol–water partition coefficient (Wildman–Crippen LogP) is 3.05. The van der Waals surface area contributed by atoms with Gasteiger partial charge < -0.3 is 5.32 Å². The summed E-state index contributed by atoms with van der Waals surface area (Å²) in [5.74, 6) is -0.267. The molecule has 2 aromatic rings. The second-order valence-electron chi connectivity index (χ2n) is 5.57. The average molecular weight is 457 g/mol. The zero-order valence-electron chi connectivity index (χ0n) is 12.8. The number of nitro groups is 1. The van der Waals surface area contributed by atoms with Crippen LogP contribution < -0.4 is 5.32 Å². The number of hydrogen-bond acceptors (Lipinski definition) is 5. The first-order valence-electron chi connectivity index (χ1n) is 7.54. The molecule has 1 aliphatic heterocycles. The highest BCUT2D eigenvalue weighted by molar-refractivity contribution is 14.1. The standard InChI is InChI=1S/C16H16IN3O3S/c17-14-2-1-12(20(22)23)9-13(14)16(21)18-5-7-19-6-3-15-11(10-19)4-8-24-15/h1-2,4,8-9H,3,5-7,10H2,(H,18,21). The number of nitrogens with zero attached hydrogens (tertiary/aromatic N) is 2. The third kappa shape index (κ3) is 3.93. The van der Waals surface area contributed by atoms with Crippen LogP contribution in [0.1, 0.15) is 20.8 Å². The van der Waals surface area contributed by atoms with Gasteiger partial charge in [-0.2, -0.15) is 0 Å². The van der Waals surface area contributed by atoms with Crippen LogP contribution in [0.5, 0.6) is 0 Å². The molecule has 0 saturated heterocycles. The molecule has 0 aliphatic carbocycles. The van der Waals surface area contributed by atoms with Crippen molar-refractivity contribution in [2.75, 3.05) is 19.6 Å². The van der Waals surface area contributed by atoms with E-state index in [1.54, 1.807) is 17.4 Å². The Balaban J connectivity index is 1.55. The van der Waals surface area contributed by atoms with Crippen molar-refractivity contribution in [3.05, 3.63) is 59.3 Å². The van der Waals surface area contributed by atoms with Gasteiger partial charge in [0.15, 0.2) is 0 Å². The van der Waals surface area contributed by atoms with E-state index in [4.69, 9.17) is 0 Å². The molecule has 126 valence electrons. The molecule has 8 heteroatoms. The summed E-state index contributed by atoms with van der Waals surface area (Å²) in [5, 5.41) is 15.8. The molecular weight excluding hydrogens is 441 g/mol. The van der Waals surface area contributed by atoms with Crippen molar-refractivity contribution < 1.29 is 9.72 Å². The molecule has 6 nitrogen and oxygen atoms in total. The monoisotopic (exact) mass is 457 g/mol. The molecule has 1 aromatic carbocycles. The topological polar surface area (TPSA) is 75.5 Å². The summed E-state index contributed by atoms with van der Waals surface area (Å²) in [7, 11) is 0. The number of benzene rings is 1. The maximum atomic E-state index is 12.3. The lowest BCUT2D eigenvalue weighted by molar-refractivity contribution is -0.384. The lowest BCUT2D eigenvalue weighted by Gasteiger charge is -2.26. The van der Waals surface area contributed by atoms with Gasteiger partial charge in [0.2, 0.25) is 0 Å². The van der Waals surface area contributed by atoms with Gasteiger partial charge in [-0.15, -0.1) is 11.3 Å². The second kappa shape index (κ2) is 7.58. The van der Waals surface area contributed by atoms with E-state index < -0.39 is 4.92 Å². The first kappa shape index (κ1) is 17.3. The van der Waals surface area contributed by atoms with Gasteiger partial charge in [0.25, 0.3) is 11.6 Å². The summed E-state index contributed by atoms with van der Waals surface area (Å²) in [4.78, 5) is 26.4. The van der Waals surface area contributed by atoms with E-state index in [0.717, 1.165) is 26.1 Å². The van der Waals surface area contributed by atoms with Gasteiger partial charge in [0, 0.05) is 46.8 Å². The number of non-ortho nitro benzene ring substituents is 1. The SMILES string of the molecule is O=C(NCCN1CCc2sccc2C1)c1cc([N+](=O)[O-])ccc1I. The summed E-state index contributed by atoms with van der Waals surface area (Å²) in [6, 6.07) is 6.49. The van der Waals surface area contributed by atoms with Crippen LogP contribution in [0.25, 0.3) is 0 Å². The minimum absolute atomic E-state index is 0.0680. The number of carbonyl (C=O) groups excluding carboxylic acids is 1. The normalized spacial score (nSPS) is 14.2. The highest BCUT2D eigenvalue weighted by Crippen LogP contribution is 2.23. The molecule has 0 fully saturated rings. The Labute approximate surface area is 157 Å². The van der Waals surface area contributed by atoms with E-state index in [-0.39, 0.29) is 11.6 Å². The van der Waals surface area contributed by atoms with Crippen LogP contribution in [-0.2, 0) is 13.0 Å². The molecular formula is C16H16IN3O3S. The second-order valence-corrected chi connectivity index (χ2v) is 7.74. The van der Waals surface area contributed by atoms with Crippen LogP contribution in [0.3, 0.4) is 0 Å². The molecule has 2 heterocycles. The van der Waals surface area contributed by atoms with Gasteiger partial charge in [-0.3, -0.25) is 19.8 Å². The smallest absolute Gasteiger partial charge is 0.270 e. The van der Waals surface area contributed by atoms with Crippen molar-refractivity contribution in [3.8, 4) is 0 Å². The maximum absolute atomic E-state index is 12.3. The number of hydrogen-bond donors (Lipinski definition) is 1. The Morgan fingerprint density at radius 1 is 1.42 bits per heavy atom. The van der Waals surface area contributed by atoms with Gasteiger partial charge in [0.1, 0.15) is 0 Å². The molecule has 1 aliphatic rings. The Bertz CT molecular complexity index is 778. The molecule has 1 N–H and O–H groups in total. The minimum Gasteiger partial charge on any atom is -0.351 e. The molecule has 0 spiro atoms. The summed E-state index contributed by atoms with van der Waals surface area (Å²) in [6.45, 7) is 3.21. The fourth-order valence-corrected chi connectivity index (χ4v) is 4.19. The van der Waals surface area contributed by atoms with Crippen molar-refractivity contribution in [2.45, 2.75) is 13.0 Å². The van der Waals surface area contributed by atoms with Crippen molar-refractivity contribution in [3.63, 3.8) is 0 Å². The Morgan fingerprint density at radius 3 is 3.04 bits per heavy atom. The van der Waals surface area contributed by atoms with E-state index in [1.165, 1.54) is 22.6 Å². The number of fused-ring (bicyclic) bond motifs is 1. The van der Waals surface area contributed by atoms with E-state index in [9.17, 15) is 14.9 Å². The molecule has 0 atom stereocenters. The van der Waals surface area contributed by atoms with E-state index >= 15 is 0 Å². The van der Waals surface area contributed by atoms with Crippen LogP contribution in [0.15, 0.2) is 29.6 Å². The Morgan fingerprint density at radius 2 is 2.25 bits per heavy atom. The number of nitro benzene ring substituents is 1. The number of carbonyl (C=O) groups is 1. The molecule has 0 radical (unpaired) electrons. The third-order valence-corrected chi connectivity index (χ3v) is 5.97. The summed E-state index contributed by atoms with van der Waals surface area (Å²) < 4.78 is 0.705. The number of amides is 1. The minimum atomic E-state index is -0.487. The number of nitrogens with one attached hydrogen (secondary N) is 1. The molecule has 1 aromatic heterocycles. The van der Waals surface area contributed by atoms with Crippen molar-refractivity contribution >= 4 is 45.5 Å². The average Bonchev–Trinajstić information content (AvgIpc) is 3.02. The predicted molar refractivity (Wildman–Crippen MR) is 101 cm³/mol. The van der Waals surface area contributed by atoms with Gasteiger partial charge >= 0.3 is 0 Å². The molecule has 1 amide bonds. The Hall–Kier alpha value is -1.52. The van der Waals surface area contributed by atoms with Crippen LogP contribution in [0.2, 0.25) is 0 Å². The van der Waals surface area contributed by atoms with E-state index in [1.807, 2.05) is 22.6 Å². The quantitative estimate of drug-likeness (QED) is 0.426. The summed E-state index contributed by atoms with van der Waals surface area (Å²) in [6.07, 6.45) is 1.06. The zero-order valence-corrected chi connectivity index (χ0v) is 15.8. The fourth-order valence-electron chi connectivity index (χ4n) is 2.72. The first-order valence-corrected chi connectivity index (χ1v) is 9.50. The van der Waals surface area contributed by atoms with Crippen molar-refractivity contribution in [1.29, 1.82) is 0 Å². The van der Waals surface area contributed by atoms with Crippen LogP contribution >= 0.6 is 33.9 Å². The highest BCUT2D eigenvalue weighted by atomic mass is 127. The van der Waals surface area contributed by atoms with E-state index in [0.29, 0.717) is 15.7 Å². The zero-order chi connectivity index (χ0) is 17.1. The summed E-state index contributed by atoms with van der Waals surface area (Å²) in [5.41, 5.74) is 1.66. The molecule has 3 rings (SSSR count). The lowest BCUT2D eigenvalue weighted by atomic mass is 10.1. The number of rotatable bonds is 5. The molecule has 0 unspecified atom stereocenters. The van der Waals surface area contributed by atoms with Crippen LogP contribution in [-0.4, -0.2) is 35.4 Å². The van der Waals surface area contributed by atoms with Gasteiger partial charge in [0.05, 0.1) is 10.5 Å².